The van der Waals surface area contributed by atoms with Gasteiger partial charge in [0.2, 0.25) is 5.91 Å². The van der Waals surface area contributed by atoms with Crippen molar-refractivity contribution in [3.63, 3.8) is 0 Å². The van der Waals surface area contributed by atoms with Crippen molar-refractivity contribution in [3.05, 3.63) is 90.0 Å². The van der Waals surface area contributed by atoms with Gasteiger partial charge < -0.3 is 10.0 Å². The Bertz CT molecular complexity index is 959. The number of rotatable bonds is 7. The van der Waals surface area contributed by atoms with Gasteiger partial charge in [0.1, 0.15) is 11.6 Å². The van der Waals surface area contributed by atoms with E-state index in [-0.39, 0.29) is 36.8 Å². The number of nitrogens with zero attached hydrogens (tertiary/aromatic N) is 2. The van der Waals surface area contributed by atoms with Crippen LogP contribution in [0.25, 0.3) is 0 Å². The maximum absolute atomic E-state index is 13.0. The number of phenolic OH excluding ortho intramolecular Hbond substituents is 1. The molecular weight excluding hydrogens is 359 g/mol. The van der Waals surface area contributed by atoms with Gasteiger partial charge in [-0.2, -0.15) is 0 Å². The molecule has 0 aliphatic carbocycles. The fourth-order valence-electron chi connectivity index (χ4n) is 2.79. The van der Waals surface area contributed by atoms with Gasteiger partial charge in [0, 0.05) is 24.6 Å². The van der Waals surface area contributed by atoms with Gasteiger partial charge in [-0.3, -0.25) is 14.6 Å². The van der Waals surface area contributed by atoms with Gasteiger partial charge in [-0.25, -0.2) is 4.39 Å². The molecule has 1 amide bonds. The second-order valence-electron chi connectivity index (χ2n) is 6.22. The molecule has 5 nitrogen and oxygen atoms in total. The number of amides is 1. The zero-order chi connectivity index (χ0) is 19.9. The number of hydrogen-bond acceptors (Lipinski definition) is 4. The monoisotopic (exact) mass is 378 g/mol. The number of halogens is 1. The molecule has 1 aromatic heterocycles. The van der Waals surface area contributed by atoms with Crippen LogP contribution in [0.2, 0.25) is 0 Å². The maximum atomic E-state index is 13.0. The van der Waals surface area contributed by atoms with Crippen LogP contribution in [-0.2, 0) is 11.3 Å². The van der Waals surface area contributed by atoms with E-state index >= 15 is 0 Å². The SMILES string of the molecule is O=C(CCC(=O)N(Cc1ccccn1)c1ccccc1O)c1ccc(F)cc1. The number of aromatic nitrogens is 1. The molecule has 3 aromatic rings. The Kier molecular flexibility index (Phi) is 6.11. The van der Waals surface area contributed by atoms with Gasteiger partial charge in [0.05, 0.1) is 17.9 Å². The largest absolute Gasteiger partial charge is 0.506 e. The number of carbonyl (C=O) groups is 2. The highest BCUT2D eigenvalue weighted by Crippen LogP contribution is 2.28. The Morgan fingerprint density at radius 2 is 1.64 bits per heavy atom. The van der Waals surface area contributed by atoms with Crippen LogP contribution in [0.5, 0.6) is 5.75 Å². The molecular formula is C22H19FN2O3. The smallest absolute Gasteiger partial charge is 0.227 e. The van der Waals surface area contributed by atoms with Crippen molar-refractivity contribution in [2.75, 3.05) is 4.90 Å². The summed E-state index contributed by atoms with van der Waals surface area (Å²) in [7, 11) is 0. The van der Waals surface area contributed by atoms with Crippen molar-refractivity contribution < 1.29 is 19.1 Å². The lowest BCUT2D eigenvalue weighted by Gasteiger charge is -2.23. The Morgan fingerprint density at radius 3 is 2.32 bits per heavy atom. The number of anilines is 1. The highest BCUT2D eigenvalue weighted by atomic mass is 19.1. The molecule has 6 heteroatoms. The molecule has 1 heterocycles. The molecule has 0 radical (unpaired) electrons. The summed E-state index contributed by atoms with van der Waals surface area (Å²) in [6.45, 7) is 0.169. The molecule has 0 aliphatic rings. The molecule has 1 N–H and O–H groups in total. The molecule has 0 saturated heterocycles. The summed E-state index contributed by atoms with van der Waals surface area (Å²) in [5, 5.41) is 10.2. The third-order valence-electron chi connectivity index (χ3n) is 4.25. The second kappa shape index (κ2) is 8.90. The molecule has 142 valence electrons. The number of benzene rings is 2. The summed E-state index contributed by atoms with van der Waals surface area (Å²) >= 11 is 0. The number of aromatic hydroxyl groups is 1. The first kappa shape index (κ1) is 19.2. The minimum absolute atomic E-state index is 0.0171. The van der Waals surface area contributed by atoms with Gasteiger partial charge in [-0.15, -0.1) is 0 Å². The molecule has 0 fully saturated rings. The van der Waals surface area contributed by atoms with Gasteiger partial charge in [0.15, 0.2) is 5.78 Å². The third-order valence-corrected chi connectivity index (χ3v) is 4.25. The van der Waals surface area contributed by atoms with Crippen molar-refractivity contribution >= 4 is 17.4 Å². The maximum Gasteiger partial charge on any atom is 0.227 e. The first-order chi connectivity index (χ1) is 13.5. The van der Waals surface area contributed by atoms with E-state index in [1.165, 1.54) is 35.2 Å². The van der Waals surface area contributed by atoms with Crippen LogP contribution in [0.4, 0.5) is 10.1 Å². The average Bonchev–Trinajstić information content (AvgIpc) is 2.72. The summed E-state index contributed by atoms with van der Waals surface area (Å²) in [6.07, 6.45) is 1.56. The fourth-order valence-corrected chi connectivity index (χ4v) is 2.79. The van der Waals surface area contributed by atoms with Gasteiger partial charge in [-0.1, -0.05) is 18.2 Å². The van der Waals surface area contributed by atoms with Gasteiger partial charge in [-0.05, 0) is 48.5 Å². The fraction of sp³-hybridized carbons (Fsp3) is 0.136. The number of phenols is 1. The molecule has 0 atom stereocenters. The van der Waals surface area contributed by atoms with E-state index in [1.54, 1.807) is 36.5 Å². The minimum atomic E-state index is -0.422. The molecule has 0 aliphatic heterocycles. The number of Topliss-reactive ketones (excluding diaryl/α,β-unsaturated/α-hetero) is 1. The summed E-state index contributed by atoms with van der Waals surface area (Å²) < 4.78 is 13.0. The zero-order valence-corrected chi connectivity index (χ0v) is 15.1. The molecule has 28 heavy (non-hydrogen) atoms. The van der Waals surface area contributed by atoms with Crippen molar-refractivity contribution in [1.82, 2.24) is 4.98 Å². The lowest BCUT2D eigenvalue weighted by atomic mass is 10.1. The normalized spacial score (nSPS) is 10.5. The van der Waals surface area contributed by atoms with E-state index in [2.05, 4.69) is 4.98 Å². The number of ketones is 1. The predicted molar refractivity (Wildman–Crippen MR) is 103 cm³/mol. The molecule has 0 unspecified atom stereocenters. The lowest BCUT2D eigenvalue weighted by Crippen LogP contribution is -2.31. The Hall–Kier alpha value is -3.54. The van der Waals surface area contributed by atoms with Crippen molar-refractivity contribution in [1.29, 1.82) is 0 Å². The van der Waals surface area contributed by atoms with E-state index in [9.17, 15) is 19.1 Å². The lowest BCUT2D eigenvalue weighted by molar-refractivity contribution is -0.118. The molecule has 0 saturated carbocycles. The van der Waals surface area contributed by atoms with Gasteiger partial charge >= 0.3 is 0 Å². The number of para-hydroxylation sites is 2. The highest BCUT2D eigenvalue weighted by Gasteiger charge is 2.20. The zero-order valence-electron chi connectivity index (χ0n) is 15.1. The third kappa shape index (κ3) is 4.79. The van der Waals surface area contributed by atoms with Crippen LogP contribution in [0.15, 0.2) is 72.9 Å². The van der Waals surface area contributed by atoms with Crippen LogP contribution in [0, 0.1) is 5.82 Å². The minimum Gasteiger partial charge on any atom is -0.506 e. The summed E-state index contributed by atoms with van der Waals surface area (Å²) in [4.78, 5) is 30.8. The van der Waals surface area contributed by atoms with Crippen LogP contribution < -0.4 is 4.90 Å². The molecule has 0 bridgehead atoms. The van der Waals surface area contributed by atoms with E-state index in [1.807, 2.05) is 6.07 Å². The van der Waals surface area contributed by atoms with Crippen molar-refractivity contribution in [2.24, 2.45) is 0 Å². The topological polar surface area (TPSA) is 70.5 Å². The number of hydrogen-bond donors (Lipinski definition) is 1. The number of pyridine rings is 1. The Labute approximate surface area is 162 Å². The van der Waals surface area contributed by atoms with Crippen molar-refractivity contribution in [2.45, 2.75) is 19.4 Å². The Balaban J connectivity index is 1.75. The second-order valence-corrected chi connectivity index (χ2v) is 6.22. The summed E-state index contributed by atoms with van der Waals surface area (Å²) in [6, 6.07) is 17.1. The average molecular weight is 378 g/mol. The summed E-state index contributed by atoms with van der Waals surface area (Å²) in [5.74, 6) is -1.02. The van der Waals surface area contributed by atoms with Crippen LogP contribution in [-0.4, -0.2) is 21.8 Å². The van der Waals surface area contributed by atoms with Gasteiger partial charge in [0.25, 0.3) is 0 Å². The quantitative estimate of drug-likeness (QED) is 0.628. The number of carbonyl (C=O) groups excluding carboxylic acids is 2. The summed E-state index contributed by atoms with van der Waals surface area (Å²) in [5.41, 5.74) is 1.37. The molecule has 0 spiro atoms. The first-order valence-electron chi connectivity index (χ1n) is 8.81. The standard InChI is InChI=1S/C22H19FN2O3/c23-17-10-8-16(9-11-17)20(26)12-13-22(28)25(15-18-5-3-4-14-24-18)19-6-1-2-7-21(19)27/h1-11,14,27H,12-13,15H2. The first-order valence-corrected chi connectivity index (χ1v) is 8.81. The molecule has 3 rings (SSSR count). The highest BCUT2D eigenvalue weighted by molar-refractivity contribution is 6.01. The van der Waals surface area contributed by atoms with Crippen molar-refractivity contribution in [3.8, 4) is 5.75 Å². The Morgan fingerprint density at radius 1 is 0.929 bits per heavy atom. The van der Waals surface area contributed by atoms with E-state index < -0.39 is 5.82 Å². The van der Waals surface area contributed by atoms with Crippen LogP contribution >= 0.6 is 0 Å². The van der Waals surface area contributed by atoms with E-state index in [0.717, 1.165) is 0 Å². The van der Waals surface area contributed by atoms with E-state index in [4.69, 9.17) is 0 Å². The van der Waals surface area contributed by atoms with Crippen LogP contribution in [0.3, 0.4) is 0 Å². The van der Waals surface area contributed by atoms with E-state index in [0.29, 0.717) is 16.9 Å². The predicted octanol–water partition coefficient (Wildman–Crippen LogP) is 4.12. The molecule has 2 aromatic carbocycles. The van der Waals surface area contributed by atoms with Crippen LogP contribution in [0.1, 0.15) is 28.9 Å².